The Bertz CT molecular complexity index is 953. The van der Waals surface area contributed by atoms with Crippen LogP contribution in [0.4, 0.5) is 0 Å². The molecule has 1 aromatic heterocycles. The summed E-state index contributed by atoms with van der Waals surface area (Å²) < 4.78 is 0. The Morgan fingerprint density at radius 3 is 2.62 bits per heavy atom. The van der Waals surface area contributed by atoms with Crippen LogP contribution >= 0.6 is 0 Å². The number of benzene rings is 2. The minimum atomic E-state index is 0.688. The zero-order chi connectivity index (χ0) is 17.9. The van der Waals surface area contributed by atoms with Gasteiger partial charge in [0.05, 0.1) is 17.1 Å². The van der Waals surface area contributed by atoms with Crippen LogP contribution in [-0.4, -0.2) is 29.0 Å². The van der Waals surface area contributed by atoms with E-state index in [9.17, 15) is 0 Å². The number of hydrogen-bond donors (Lipinski definition) is 0. The van der Waals surface area contributed by atoms with Gasteiger partial charge in [0, 0.05) is 30.1 Å². The second-order valence-corrected chi connectivity index (χ2v) is 7.18. The van der Waals surface area contributed by atoms with E-state index >= 15 is 0 Å². The summed E-state index contributed by atoms with van der Waals surface area (Å²) in [5.74, 6) is 0. The third-order valence-electron chi connectivity index (χ3n) is 5.44. The van der Waals surface area contributed by atoms with Gasteiger partial charge in [0.15, 0.2) is 0 Å². The van der Waals surface area contributed by atoms with Gasteiger partial charge in [-0.05, 0) is 67.8 Å². The van der Waals surface area contributed by atoms with Gasteiger partial charge in [-0.1, -0.05) is 24.3 Å². The molecular formula is C23H23N3. The molecule has 3 nitrogen and oxygen atoms in total. The van der Waals surface area contributed by atoms with Crippen LogP contribution in [0.25, 0.3) is 22.0 Å². The molecule has 3 heteroatoms. The van der Waals surface area contributed by atoms with Gasteiger partial charge in [0.25, 0.3) is 0 Å². The van der Waals surface area contributed by atoms with E-state index in [1.807, 2.05) is 24.3 Å². The number of hydrogen-bond acceptors (Lipinski definition) is 3. The Kier molecular flexibility index (Phi) is 4.69. The van der Waals surface area contributed by atoms with Crippen LogP contribution in [0.5, 0.6) is 0 Å². The number of aromatic nitrogens is 1. The van der Waals surface area contributed by atoms with Crippen LogP contribution in [0.1, 0.15) is 31.0 Å². The lowest BCUT2D eigenvalue weighted by atomic mass is 10.0. The van der Waals surface area contributed by atoms with Crippen molar-refractivity contribution in [3.05, 3.63) is 65.9 Å². The second kappa shape index (κ2) is 7.27. The topological polar surface area (TPSA) is 39.9 Å². The summed E-state index contributed by atoms with van der Waals surface area (Å²) in [4.78, 5) is 7.42. The van der Waals surface area contributed by atoms with E-state index < -0.39 is 0 Å². The highest BCUT2D eigenvalue weighted by atomic mass is 15.2. The lowest BCUT2D eigenvalue weighted by Gasteiger charge is -2.20. The largest absolute Gasteiger partial charge is 0.300 e. The third-order valence-corrected chi connectivity index (χ3v) is 5.44. The molecule has 1 aliphatic rings. The highest BCUT2D eigenvalue weighted by molar-refractivity contribution is 5.84. The van der Waals surface area contributed by atoms with Gasteiger partial charge in [-0.15, -0.1) is 0 Å². The smallest absolute Gasteiger partial charge is 0.0991 e. The lowest BCUT2D eigenvalue weighted by Crippen LogP contribution is -2.29. The average molecular weight is 341 g/mol. The van der Waals surface area contributed by atoms with Crippen LogP contribution in [0.15, 0.2) is 54.6 Å². The Morgan fingerprint density at radius 1 is 1.08 bits per heavy atom. The fourth-order valence-electron chi connectivity index (χ4n) is 3.81. The molecule has 130 valence electrons. The minimum Gasteiger partial charge on any atom is -0.300 e. The summed E-state index contributed by atoms with van der Waals surface area (Å²) in [5, 5.41) is 10.1. The number of likely N-dealkylation sites (tertiary alicyclic amines) is 1. The summed E-state index contributed by atoms with van der Waals surface area (Å²) in [6.07, 6.45) is 3.66. The summed E-state index contributed by atoms with van der Waals surface area (Å²) in [5.41, 5.74) is 5.19. The van der Waals surface area contributed by atoms with Gasteiger partial charge in [0.1, 0.15) is 0 Å². The maximum atomic E-state index is 8.93. The first-order chi connectivity index (χ1) is 12.7. The molecule has 3 aromatic rings. The van der Waals surface area contributed by atoms with Crippen LogP contribution < -0.4 is 0 Å². The molecule has 2 heterocycles. The van der Waals surface area contributed by atoms with Crippen LogP contribution in [-0.2, 0) is 6.42 Å². The monoisotopic (exact) mass is 341 g/mol. The van der Waals surface area contributed by atoms with Crippen molar-refractivity contribution < 1.29 is 0 Å². The van der Waals surface area contributed by atoms with Crippen molar-refractivity contribution in [1.82, 2.24) is 9.88 Å². The predicted octanol–water partition coefficient (Wildman–Crippen LogP) is 4.80. The number of fused-ring (bicyclic) bond motifs is 1. The number of pyridine rings is 1. The molecule has 0 unspecified atom stereocenters. The molecule has 26 heavy (non-hydrogen) atoms. The molecule has 0 amide bonds. The maximum Gasteiger partial charge on any atom is 0.0991 e. The fourth-order valence-corrected chi connectivity index (χ4v) is 3.81. The standard InChI is InChI=1S/C23H23N3/c1-17-3-2-13-26(17)14-12-22-10-8-21-15-20(9-11-23(21)25-22)19-6-4-18(16-24)5-7-19/h4-11,15,17H,2-3,12-14H2,1H3/t17-/m1/s1. The average Bonchev–Trinajstić information content (AvgIpc) is 3.10. The molecule has 2 aromatic carbocycles. The highest BCUT2D eigenvalue weighted by Gasteiger charge is 2.19. The minimum absolute atomic E-state index is 0.688. The summed E-state index contributed by atoms with van der Waals surface area (Å²) >= 11 is 0. The Morgan fingerprint density at radius 2 is 1.88 bits per heavy atom. The van der Waals surface area contributed by atoms with Gasteiger partial charge in [-0.3, -0.25) is 4.98 Å². The van der Waals surface area contributed by atoms with Crippen molar-refractivity contribution in [3.63, 3.8) is 0 Å². The van der Waals surface area contributed by atoms with E-state index in [0.29, 0.717) is 11.6 Å². The molecule has 0 bridgehead atoms. The SMILES string of the molecule is C[C@@H]1CCCN1CCc1ccc2cc(-c3ccc(C#N)cc3)ccc2n1. The molecule has 1 aliphatic heterocycles. The normalized spacial score (nSPS) is 17.5. The molecule has 0 aliphatic carbocycles. The second-order valence-electron chi connectivity index (χ2n) is 7.18. The summed E-state index contributed by atoms with van der Waals surface area (Å²) in [6, 6.07) is 21.3. The van der Waals surface area contributed by atoms with E-state index in [0.717, 1.165) is 35.0 Å². The molecule has 1 saturated heterocycles. The number of nitrogens with zero attached hydrogens (tertiary/aromatic N) is 3. The van der Waals surface area contributed by atoms with Gasteiger partial charge >= 0.3 is 0 Å². The van der Waals surface area contributed by atoms with E-state index in [4.69, 9.17) is 10.2 Å². The van der Waals surface area contributed by atoms with Crippen molar-refractivity contribution in [1.29, 1.82) is 5.26 Å². The third kappa shape index (κ3) is 3.47. The Labute approximate surface area is 154 Å². The summed E-state index contributed by atoms with van der Waals surface area (Å²) in [7, 11) is 0. The van der Waals surface area contributed by atoms with Gasteiger partial charge in [-0.2, -0.15) is 5.26 Å². The Balaban J connectivity index is 1.53. The number of rotatable bonds is 4. The number of nitriles is 1. The van der Waals surface area contributed by atoms with Crippen LogP contribution in [0.2, 0.25) is 0 Å². The van der Waals surface area contributed by atoms with Crippen molar-refractivity contribution in [2.24, 2.45) is 0 Å². The first kappa shape index (κ1) is 16.8. The fraction of sp³-hybridized carbons (Fsp3) is 0.304. The quantitative estimate of drug-likeness (QED) is 0.684. The molecule has 1 fully saturated rings. The maximum absolute atomic E-state index is 8.93. The van der Waals surface area contributed by atoms with Gasteiger partial charge in [-0.25, -0.2) is 0 Å². The molecule has 0 radical (unpaired) electrons. The van der Waals surface area contributed by atoms with Crippen LogP contribution in [0.3, 0.4) is 0 Å². The van der Waals surface area contributed by atoms with Crippen LogP contribution in [0, 0.1) is 11.3 Å². The van der Waals surface area contributed by atoms with E-state index in [1.165, 1.54) is 25.1 Å². The zero-order valence-electron chi connectivity index (χ0n) is 15.2. The van der Waals surface area contributed by atoms with Crippen molar-refractivity contribution in [2.75, 3.05) is 13.1 Å². The lowest BCUT2D eigenvalue weighted by molar-refractivity contribution is 0.271. The highest BCUT2D eigenvalue weighted by Crippen LogP contribution is 2.24. The van der Waals surface area contributed by atoms with E-state index in [2.05, 4.69) is 48.2 Å². The first-order valence-corrected chi connectivity index (χ1v) is 9.37. The zero-order valence-corrected chi connectivity index (χ0v) is 15.2. The van der Waals surface area contributed by atoms with Crippen molar-refractivity contribution in [2.45, 2.75) is 32.2 Å². The molecule has 0 N–H and O–H groups in total. The van der Waals surface area contributed by atoms with E-state index in [1.54, 1.807) is 0 Å². The predicted molar refractivity (Wildman–Crippen MR) is 106 cm³/mol. The van der Waals surface area contributed by atoms with Gasteiger partial charge in [0.2, 0.25) is 0 Å². The molecule has 0 spiro atoms. The molecule has 0 saturated carbocycles. The molecule has 4 rings (SSSR count). The first-order valence-electron chi connectivity index (χ1n) is 9.37. The van der Waals surface area contributed by atoms with Gasteiger partial charge < -0.3 is 4.90 Å². The van der Waals surface area contributed by atoms with Crippen molar-refractivity contribution in [3.8, 4) is 17.2 Å². The Hall–Kier alpha value is -2.70. The van der Waals surface area contributed by atoms with Crippen molar-refractivity contribution >= 4 is 10.9 Å². The molecule has 1 atom stereocenters. The molecular weight excluding hydrogens is 318 g/mol. The van der Waals surface area contributed by atoms with E-state index in [-0.39, 0.29) is 0 Å². The summed E-state index contributed by atoms with van der Waals surface area (Å²) in [6.45, 7) is 4.65.